The molecule has 0 aromatic heterocycles. The highest BCUT2D eigenvalue weighted by molar-refractivity contribution is 7.51. The third kappa shape index (κ3) is 4.19. The van der Waals surface area contributed by atoms with Gasteiger partial charge in [-0.25, -0.2) is 8.78 Å². The van der Waals surface area contributed by atoms with Crippen molar-refractivity contribution in [1.29, 1.82) is 0 Å². The molecule has 0 saturated carbocycles. The van der Waals surface area contributed by atoms with Gasteiger partial charge < -0.3 is 15.0 Å². The maximum atomic E-state index is 11.9. The van der Waals surface area contributed by atoms with Gasteiger partial charge in [0.2, 0.25) is 0 Å². The number of anilines is 1. The first-order chi connectivity index (χ1) is 7.49. The zero-order valence-corrected chi connectivity index (χ0v) is 10.0. The number of benzene rings is 1. The van der Waals surface area contributed by atoms with E-state index in [0.717, 1.165) is 0 Å². The van der Waals surface area contributed by atoms with Crippen LogP contribution >= 0.6 is 8.15 Å². The van der Waals surface area contributed by atoms with E-state index in [9.17, 15) is 8.78 Å². The lowest BCUT2D eigenvalue weighted by molar-refractivity contribution is 0.0818. The molecule has 2 N–H and O–H groups in total. The minimum atomic E-state index is -2.49. The molecule has 0 aliphatic carbocycles. The first-order valence-electron chi connectivity index (χ1n) is 4.65. The van der Waals surface area contributed by atoms with Crippen LogP contribution in [0.15, 0.2) is 18.2 Å². The van der Waals surface area contributed by atoms with Gasteiger partial charge in [-0.15, -0.1) is 0 Å². The van der Waals surface area contributed by atoms with Crippen molar-refractivity contribution in [2.45, 2.75) is 6.43 Å². The second-order valence-corrected chi connectivity index (χ2v) is 5.11. The van der Waals surface area contributed by atoms with E-state index in [2.05, 4.69) is 0 Å². The second kappa shape index (κ2) is 5.85. The van der Waals surface area contributed by atoms with Crippen molar-refractivity contribution in [3.63, 3.8) is 0 Å². The molecule has 0 amide bonds. The van der Waals surface area contributed by atoms with E-state index in [1.165, 1.54) is 12.1 Å². The Morgan fingerprint density at radius 3 is 2.62 bits per heavy atom. The van der Waals surface area contributed by atoms with Gasteiger partial charge in [0.25, 0.3) is 6.43 Å². The average Bonchev–Trinajstić information content (AvgIpc) is 2.18. The van der Waals surface area contributed by atoms with Gasteiger partial charge in [-0.3, -0.25) is 0 Å². The minimum absolute atomic E-state index is 0.335. The Morgan fingerprint density at radius 2 is 2.06 bits per heavy atom. The zero-order valence-electron chi connectivity index (χ0n) is 9.11. The van der Waals surface area contributed by atoms with Gasteiger partial charge in [-0.1, -0.05) is 0 Å². The summed E-state index contributed by atoms with van der Waals surface area (Å²) in [6.45, 7) is 3.21. The van der Waals surface area contributed by atoms with E-state index in [4.69, 9.17) is 15.0 Å². The molecule has 90 valence electrons. The number of ether oxygens (including phenoxy) is 1. The quantitative estimate of drug-likeness (QED) is 0.644. The lowest BCUT2D eigenvalue weighted by Gasteiger charge is -2.13. The van der Waals surface area contributed by atoms with Gasteiger partial charge in [0.1, 0.15) is 18.1 Å². The fourth-order valence-electron chi connectivity index (χ4n) is 1.04. The summed E-state index contributed by atoms with van der Waals surface area (Å²) in [7, 11) is -0.611. The number of nitrogen functional groups attached to an aromatic ring is 1. The largest absolute Gasteiger partial charge is 0.487 e. The molecule has 0 spiro atoms. The summed E-state index contributed by atoms with van der Waals surface area (Å²) in [6, 6.07) is 4.65. The van der Waals surface area contributed by atoms with Gasteiger partial charge in [0.05, 0.1) is 13.8 Å². The summed E-state index contributed by atoms with van der Waals surface area (Å²) in [6.07, 6.45) is -2.49. The first-order valence-corrected chi connectivity index (χ1v) is 6.80. The van der Waals surface area contributed by atoms with Crippen LogP contribution in [0.5, 0.6) is 11.5 Å². The Balaban J connectivity index is 2.73. The number of hydrogen-bond acceptors (Lipinski definition) is 3. The van der Waals surface area contributed by atoms with E-state index in [1.54, 1.807) is 6.07 Å². The maximum absolute atomic E-state index is 11.9. The van der Waals surface area contributed by atoms with Crippen LogP contribution in [0.4, 0.5) is 14.5 Å². The van der Waals surface area contributed by atoms with Crippen molar-refractivity contribution < 1.29 is 18.0 Å². The SMILES string of the molecule is CP(C)Oc1cc(OCC(F)F)ccc1N. The second-order valence-electron chi connectivity index (χ2n) is 3.31. The van der Waals surface area contributed by atoms with Crippen molar-refractivity contribution in [1.82, 2.24) is 0 Å². The molecular formula is C10H14F2NO2P. The molecule has 0 aliphatic heterocycles. The van der Waals surface area contributed by atoms with Crippen molar-refractivity contribution in [3.05, 3.63) is 18.2 Å². The molecule has 0 radical (unpaired) electrons. The average molecular weight is 249 g/mol. The van der Waals surface area contributed by atoms with E-state index in [0.29, 0.717) is 17.2 Å². The normalized spacial score (nSPS) is 10.9. The first kappa shape index (κ1) is 13.0. The predicted molar refractivity (Wildman–Crippen MR) is 61.7 cm³/mol. The topological polar surface area (TPSA) is 44.5 Å². The van der Waals surface area contributed by atoms with Gasteiger partial charge in [-0.05, 0) is 25.5 Å². The monoisotopic (exact) mass is 249 g/mol. The van der Waals surface area contributed by atoms with Crippen molar-refractivity contribution in [3.8, 4) is 11.5 Å². The fraction of sp³-hybridized carbons (Fsp3) is 0.400. The van der Waals surface area contributed by atoms with Crippen molar-refractivity contribution in [2.75, 3.05) is 25.7 Å². The molecular weight excluding hydrogens is 235 g/mol. The fourth-order valence-corrected chi connectivity index (χ4v) is 1.59. The summed E-state index contributed by atoms with van der Waals surface area (Å²) < 4.78 is 34.2. The number of hydrogen-bond donors (Lipinski definition) is 1. The van der Waals surface area contributed by atoms with Gasteiger partial charge in [0, 0.05) is 6.07 Å². The van der Waals surface area contributed by atoms with E-state index >= 15 is 0 Å². The Hall–Kier alpha value is -1.09. The Labute approximate surface area is 94.4 Å². The molecule has 3 nitrogen and oxygen atoms in total. The predicted octanol–water partition coefficient (Wildman–Crippen LogP) is 2.95. The van der Waals surface area contributed by atoms with Crippen LogP contribution in [0.25, 0.3) is 0 Å². The van der Waals surface area contributed by atoms with Gasteiger partial charge in [0.15, 0.2) is 0 Å². The molecule has 0 bridgehead atoms. The van der Waals surface area contributed by atoms with Gasteiger partial charge in [-0.2, -0.15) is 0 Å². The molecule has 0 heterocycles. The molecule has 1 rings (SSSR count). The number of rotatable bonds is 5. The smallest absolute Gasteiger partial charge is 0.272 e. The molecule has 1 aromatic carbocycles. The number of nitrogens with two attached hydrogens (primary N) is 1. The Kier molecular flexibility index (Phi) is 4.74. The van der Waals surface area contributed by atoms with Crippen LogP contribution in [-0.2, 0) is 0 Å². The number of halogens is 2. The molecule has 1 aromatic rings. The number of alkyl halides is 2. The molecule has 0 unspecified atom stereocenters. The van der Waals surface area contributed by atoms with Crippen LogP contribution < -0.4 is 15.0 Å². The summed E-state index contributed by atoms with van der Waals surface area (Å²) in [4.78, 5) is 0. The summed E-state index contributed by atoms with van der Waals surface area (Å²) in [5.41, 5.74) is 6.15. The van der Waals surface area contributed by atoms with Crippen LogP contribution in [0, 0.1) is 0 Å². The van der Waals surface area contributed by atoms with E-state index < -0.39 is 21.2 Å². The van der Waals surface area contributed by atoms with E-state index in [-0.39, 0.29) is 0 Å². The molecule has 6 heteroatoms. The lowest BCUT2D eigenvalue weighted by atomic mass is 10.3. The third-order valence-electron chi connectivity index (χ3n) is 1.64. The molecule has 0 atom stereocenters. The highest BCUT2D eigenvalue weighted by Gasteiger charge is 2.07. The lowest BCUT2D eigenvalue weighted by Crippen LogP contribution is -2.07. The van der Waals surface area contributed by atoms with Crippen molar-refractivity contribution >= 4 is 13.8 Å². The van der Waals surface area contributed by atoms with E-state index in [1.807, 2.05) is 13.3 Å². The molecule has 0 fully saturated rings. The third-order valence-corrected chi connectivity index (χ3v) is 2.20. The van der Waals surface area contributed by atoms with Crippen LogP contribution in [0.3, 0.4) is 0 Å². The Bertz CT molecular complexity index is 348. The Morgan fingerprint density at radius 1 is 1.38 bits per heavy atom. The zero-order chi connectivity index (χ0) is 12.1. The standard InChI is InChI=1S/C10H14F2NO2P/c1-16(2)15-9-5-7(3-4-8(9)13)14-6-10(11)12/h3-5,10H,6,13H2,1-2H3. The van der Waals surface area contributed by atoms with Crippen LogP contribution in [0.1, 0.15) is 0 Å². The highest BCUT2D eigenvalue weighted by atomic mass is 31.1. The summed E-state index contributed by atoms with van der Waals surface area (Å²) in [5.74, 6) is 0.809. The summed E-state index contributed by atoms with van der Waals surface area (Å²) in [5, 5.41) is 0. The molecule has 0 aliphatic rings. The summed E-state index contributed by atoms with van der Waals surface area (Å²) >= 11 is 0. The van der Waals surface area contributed by atoms with Gasteiger partial charge >= 0.3 is 0 Å². The molecule has 0 saturated heterocycles. The van der Waals surface area contributed by atoms with Crippen LogP contribution in [0.2, 0.25) is 0 Å². The van der Waals surface area contributed by atoms with Crippen molar-refractivity contribution in [2.24, 2.45) is 0 Å². The van der Waals surface area contributed by atoms with Crippen LogP contribution in [-0.4, -0.2) is 26.4 Å². The maximum Gasteiger partial charge on any atom is 0.272 e. The highest BCUT2D eigenvalue weighted by Crippen LogP contribution is 2.36. The molecule has 16 heavy (non-hydrogen) atoms. The minimum Gasteiger partial charge on any atom is -0.487 e.